The zero-order chi connectivity index (χ0) is 19.8. The largest absolute Gasteiger partial charge is 0.364 e. The zero-order valence-electron chi connectivity index (χ0n) is 14.8. The molecule has 9 nitrogen and oxygen atoms in total. The average Bonchev–Trinajstić information content (AvgIpc) is 2.73. The maximum absolute atomic E-state index is 12.1. The number of hydrogen-bond donors (Lipinski definition) is 3. The highest BCUT2D eigenvalue weighted by Gasteiger charge is 2.23. The first-order chi connectivity index (χ1) is 13.6. The van der Waals surface area contributed by atoms with Crippen LogP contribution in [0.25, 0.3) is 0 Å². The number of carbonyl (C=O) groups is 1. The van der Waals surface area contributed by atoms with Gasteiger partial charge >= 0.3 is 5.69 Å². The monoisotopic (exact) mass is 378 g/mol. The number of anilines is 2. The molecule has 0 spiro atoms. The first kappa shape index (κ1) is 18.8. The van der Waals surface area contributed by atoms with Crippen molar-refractivity contribution < 1.29 is 9.72 Å². The van der Waals surface area contributed by atoms with Crippen LogP contribution >= 0.6 is 0 Å². The number of nitrogens with zero attached hydrogens (tertiary/aromatic N) is 3. The van der Waals surface area contributed by atoms with Crippen LogP contribution < -0.4 is 16.2 Å². The Hall–Kier alpha value is -4.01. The summed E-state index contributed by atoms with van der Waals surface area (Å²) in [5.41, 5.74) is 6.08. The van der Waals surface area contributed by atoms with Crippen molar-refractivity contribution in [1.29, 1.82) is 0 Å². The van der Waals surface area contributed by atoms with Crippen LogP contribution in [0.1, 0.15) is 15.9 Å². The lowest BCUT2D eigenvalue weighted by molar-refractivity contribution is -0.383. The highest BCUT2D eigenvalue weighted by molar-refractivity contribution is 5.95. The van der Waals surface area contributed by atoms with Gasteiger partial charge in [-0.05, 0) is 24.1 Å². The van der Waals surface area contributed by atoms with Crippen LogP contribution in [-0.2, 0) is 6.42 Å². The lowest BCUT2D eigenvalue weighted by Crippen LogP contribution is -2.30. The smallest absolute Gasteiger partial charge is 0.354 e. The lowest BCUT2D eigenvalue weighted by atomic mass is 10.1. The average molecular weight is 378 g/mol. The molecule has 3 aromatic rings. The van der Waals surface area contributed by atoms with Gasteiger partial charge in [-0.3, -0.25) is 25.8 Å². The molecule has 9 heteroatoms. The maximum atomic E-state index is 12.1. The van der Waals surface area contributed by atoms with E-state index in [2.05, 4.69) is 26.1 Å². The van der Waals surface area contributed by atoms with E-state index in [1.807, 2.05) is 30.3 Å². The maximum Gasteiger partial charge on any atom is 0.354 e. The molecule has 1 heterocycles. The first-order valence-corrected chi connectivity index (χ1v) is 8.53. The summed E-state index contributed by atoms with van der Waals surface area (Å²) >= 11 is 0. The predicted molar refractivity (Wildman–Crippen MR) is 105 cm³/mol. The number of aromatic nitrogens is 2. The van der Waals surface area contributed by atoms with E-state index in [1.165, 1.54) is 6.33 Å². The Balaban J connectivity index is 1.68. The molecule has 2 aromatic carbocycles. The predicted octanol–water partition coefficient (Wildman–Crippen LogP) is 2.80. The van der Waals surface area contributed by atoms with Crippen LogP contribution in [0.2, 0.25) is 0 Å². The minimum Gasteiger partial charge on any atom is -0.364 e. The summed E-state index contributed by atoms with van der Waals surface area (Å²) in [6.07, 6.45) is 1.87. The van der Waals surface area contributed by atoms with Crippen LogP contribution in [0, 0.1) is 10.1 Å². The van der Waals surface area contributed by atoms with Gasteiger partial charge in [0.2, 0.25) is 11.6 Å². The molecule has 0 aliphatic carbocycles. The van der Waals surface area contributed by atoms with E-state index in [0.717, 1.165) is 5.56 Å². The minimum absolute atomic E-state index is 0.0763. The molecule has 0 fully saturated rings. The van der Waals surface area contributed by atoms with Crippen molar-refractivity contribution in [1.82, 2.24) is 15.4 Å². The summed E-state index contributed by atoms with van der Waals surface area (Å²) in [5, 5.41) is 14.5. The van der Waals surface area contributed by atoms with E-state index < -0.39 is 10.8 Å². The SMILES string of the molecule is O=C(NNc1ncnc(NCCc2ccccc2)c1[N+](=O)[O-])c1ccccc1. The molecular formula is C19H18N6O3. The van der Waals surface area contributed by atoms with Crippen molar-refractivity contribution >= 4 is 23.2 Å². The molecule has 0 saturated carbocycles. The third-order valence-corrected chi connectivity index (χ3v) is 3.88. The third-order valence-electron chi connectivity index (χ3n) is 3.88. The van der Waals surface area contributed by atoms with Crippen LogP contribution in [0.3, 0.4) is 0 Å². The number of hydrazine groups is 1. The normalized spacial score (nSPS) is 10.1. The third kappa shape index (κ3) is 4.79. The molecular weight excluding hydrogens is 360 g/mol. The fraction of sp³-hybridized carbons (Fsp3) is 0.105. The number of rotatable bonds is 8. The van der Waals surface area contributed by atoms with E-state index in [0.29, 0.717) is 18.5 Å². The molecule has 3 N–H and O–H groups in total. The number of nitrogens with one attached hydrogen (secondary N) is 3. The number of carbonyl (C=O) groups excluding carboxylic acids is 1. The second-order valence-electron chi connectivity index (χ2n) is 5.78. The molecule has 0 saturated heterocycles. The van der Waals surface area contributed by atoms with E-state index in [1.54, 1.807) is 30.3 Å². The highest BCUT2D eigenvalue weighted by atomic mass is 16.6. The molecule has 0 atom stereocenters. The molecule has 0 radical (unpaired) electrons. The number of hydrogen-bond acceptors (Lipinski definition) is 7. The van der Waals surface area contributed by atoms with E-state index in [-0.39, 0.29) is 17.3 Å². The van der Waals surface area contributed by atoms with Gasteiger partial charge < -0.3 is 5.32 Å². The lowest BCUT2D eigenvalue weighted by Gasteiger charge is -2.11. The van der Waals surface area contributed by atoms with Gasteiger partial charge in [-0.15, -0.1) is 0 Å². The molecule has 0 unspecified atom stereocenters. The Morgan fingerprint density at radius 2 is 1.61 bits per heavy atom. The fourth-order valence-corrected chi connectivity index (χ4v) is 2.52. The van der Waals surface area contributed by atoms with Crippen LogP contribution in [0.15, 0.2) is 67.0 Å². The second kappa shape index (κ2) is 9.08. The highest BCUT2D eigenvalue weighted by Crippen LogP contribution is 2.28. The summed E-state index contributed by atoms with van der Waals surface area (Å²) in [7, 11) is 0. The van der Waals surface area contributed by atoms with Gasteiger partial charge in [-0.2, -0.15) is 0 Å². The number of benzene rings is 2. The fourth-order valence-electron chi connectivity index (χ4n) is 2.52. The Labute approximate surface area is 161 Å². The molecule has 0 aliphatic rings. The van der Waals surface area contributed by atoms with E-state index in [4.69, 9.17) is 0 Å². The van der Waals surface area contributed by atoms with Crippen molar-refractivity contribution in [2.45, 2.75) is 6.42 Å². The van der Waals surface area contributed by atoms with E-state index >= 15 is 0 Å². The number of amides is 1. The zero-order valence-corrected chi connectivity index (χ0v) is 14.8. The van der Waals surface area contributed by atoms with Gasteiger partial charge in [0.25, 0.3) is 5.91 Å². The summed E-state index contributed by atoms with van der Waals surface area (Å²) in [6.45, 7) is 0.456. The second-order valence-corrected chi connectivity index (χ2v) is 5.78. The van der Waals surface area contributed by atoms with Crippen molar-refractivity contribution in [3.8, 4) is 0 Å². The first-order valence-electron chi connectivity index (χ1n) is 8.53. The standard InChI is InChI=1S/C19H18N6O3/c26-19(15-9-5-2-6-10-15)24-23-18-16(25(27)28)17(21-13-22-18)20-12-11-14-7-3-1-4-8-14/h1-10,13H,11-12H2,(H,24,26)(H2,20,21,22,23). The van der Waals surface area contributed by atoms with E-state index in [9.17, 15) is 14.9 Å². The van der Waals surface area contributed by atoms with Crippen molar-refractivity contribution in [2.24, 2.45) is 0 Å². The van der Waals surface area contributed by atoms with Crippen molar-refractivity contribution in [3.63, 3.8) is 0 Å². The van der Waals surface area contributed by atoms with Crippen LogP contribution in [0.5, 0.6) is 0 Å². The Morgan fingerprint density at radius 1 is 0.964 bits per heavy atom. The minimum atomic E-state index is -0.595. The van der Waals surface area contributed by atoms with Gasteiger partial charge in [0.15, 0.2) is 0 Å². The molecule has 1 aromatic heterocycles. The molecule has 28 heavy (non-hydrogen) atoms. The Kier molecular flexibility index (Phi) is 6.09. The molecule has 0 bridgehead atoms. The summed E-state index contributed by atoms with van der Waals surface area (Å²) in [4.78, 5) is 30.9. The summed E-state index contributed by atoms with van der Waals surface area (Å²) in [6, 6.07) is 18.2. The molecule has 0 aliphatic heterocycles. The molecule has 3 rings (SSSR count). The van der Waals surface area contributed by atoms with Crippen LogP contribution in [0.4, 0.5) is 17.3 Å². The van der Waals surface area contributed by atoms with Crippen LogP contribution in [-0.4, -0.2) is 27.3 Å². The number of nitro groups is 1. The summed E-state index contributed by atoms with van der Waals surface area (Å²) in [5.74, 6) is -0.467. The summed E-state index contributed by atoms with van der Waals surface area (Å²) < 4.78 is 0. The van der Waals surface area contributed by atoms with Gasteiger partial charge in [0.05, 0.1) is 4.92 Å². The topological polar surface area (TPSA) is 122 Å². The Bertz CT molecular complexity index is 950. The molecule has 142 valence electrons. The molecule has 1 amide bonds. The van der Waals surface area contributed by atoms with Crippen molar-refractivity contribution in [3.05, 3.63) is 88.2 Å². The van der Waals surface area contributed by atoms with Crippen molar-refractivity contribution in [2.75, 3.05) is 17.3 Å². The Morgan fingerprint density at radius 3 is 2.29 bits per heavy atom. The van der Waals surface area contributed by atoms with Gasteiger partial charge in [0.1, 0.15) is 6.33 Å². The van der Waals surface area contributed by atoms with Gasteiger partial charge in [0, 0.05) is 12.1 Å². The van der Waals surface area contributed by atoms with Gasteiger partial charge in [-0.25, -0.2) is 9.97 Å². The quantitative estimate of drug-likeness (QED) is 0.407. The van der Waals surface area contributed by atoms with Gasteiger partial charge in [-0.1, -0.05) is 48.5 Å².